The van der Waals surface area contributed by atoms with Gasteiger partial charge in [0.2, 0.25) is 0 Å². The van der Waals surface area contributed by atoms with Gasteiger partial charge < -0.3 is 15.0 Å². The number of nitrogens with zero attached hydrogens (tertiary/aromatic N) is 2. The largest absolute Gasteiger partial charge is 0.495 e. The standard InChI is InChI=1S/C25H33N3O2/c1-30-24-10-6-5-9-23(24)28-17-15-27(16-18-28)19-20-11-13-21(14-12-20)25(29)26-22-7-3-2-4-8-22/h5-6,9-14,22H,2-4,7-8,15-19H2,1H3,(H,26,29). The maximum absolute atomic E-state index is 12.5. The molecular weight excluding hydrogens is 374 g/mol. The van der Waals surface area contributed by atoms with E-state index in [1.54, 1.807) is 7.11 Å². The molecule has 5 nitrogen and oxygen atoms in total. The molecule has 5 heteroatoms. The maximum Gasteiger partial charge on any atom is 0.251 e. The predicted octanol–water partition coefficient (Wildman–Crippen LogP) is 4.08. The van der Waals surface area contributed by atoms with Crippen LogP contribution >= 0.6 is 0 Å². The fraction of sp³-hybridized carbons (Fsp3) is 0.480. The van der Waals surface area contributed by atoms with Crippen molar-refractivity contribution in [1.29, 1.82) is 0 Å². The van der Waals surface area contributed by atoms with Crippen molar-refractivity contribution in [3.05, 3.63) is 59.7 Å². The number of ether oxygens (including phenoxy) is 1. The number of nitrogens with one attached hydrogen (secondary N) is 1. The molecular formula is C25H33N3O2. The van der Waals surface area contributed by atoms with E-state index in [2.05, 4.69) is 39.4 Å². The first-order valence-electron chi connectivity index (χ1n) is 11.2. The Morgan fingerprint density at radius 3 is 2.37 bits per heavy atom. The third-order valence-corrected chi connectivity index (χ3v) is 6.36. The number of benzene rings is 2. The first-order valence-corrected chi connectivity index (χ1v) is 11.2. The van der Waals surface area contributed by atoms with Crippen molar-refractivity contribution >= 4 is 11.6 Å². The average molecular weight is 408 g/mol. The summed E-state index contributed by atoms with van der Waals surface area (Å²) in [5.74, 6) is 1.01. The normalized spacial score (nSPS) is 18.2. The van der Waals surface area contributed by atoms with Crippen LogP contribution in [0.25, 0.3) is 0 Å². The van der Waals surface area contributed by atoms with Crippen LogP contribution in [0.4, 0.5) is 5.69 Å². The molecule has 1 amide bonds. The van der Waals surface area contributed by atoms with Crippen molar-refractivity contribution in [3.63, 3.8) is 0 Å². The molecule has 1 aliphatic carbocycles. The Bertz CT molecular complexity index is 823. The Hall–Kier alpha value is -2.53. The van der Waals surface area contributed by atoms with E-state index in [-0.39, 0.29) is 5.91 Å². The van der Waals surface area contributed by atoms with Gasteiger partial charge in [-0.25, -0.2) is 0 Å². The summed E-state index contributed by atoms with van der Waals surface area (Å²) >= 11 is 0. The van der Waals surface area contributed by atoms with Gasteiger partial charge in [0.25, 0.3) is 5.91 Å². The lowest BCUT2D eigenvalue weighted by molar-refractivity contribution is 0.0927. The lowest BCUT2D eigenvalue weighted by atomic mass is 9.95. The first-order chi connectivity index (χ1) is 14.7. The Kier molecular flexibility index (Phi) is 6.90. The van der Waals surface area contributed by atoms with Gasteiger partial charge in [-0.15, -0.1) is 0 Å². The smallest absolute Gasteiger partial charge is 0.251 e. The summed E-state index contributed by atoms with van der Waals surface area (Å²) in [6.45, 7) is 4.93. The zero-order valence-electron chi connectivity index (χ0n) is 18.0. The molecule has 1 saturated carbocycles. The topological polar surface area (TPSA) is 44.8 Å². The molecule has 160 valence electrons. The van der Waals surface area contributed by atoms with Crippen LogP contribution in [-0.4, -0.2) is 50.1 Å². The molecule has 0 unspecified atom stereocenters. The Labute approximate surface area is 180 Å². The molecule has 0 spiro atoms. The Morgan fingerprint density at radius 1 is 0.967 bits per heavy atom. The third kappa shape index (κ3) is 5.14. The first kappa shape index (κ1) is 20.7. The van der Waals surface area contributed by atoms with E-state index in [0.717, 1.165) is 56.9 Å². The van der Waals surface area contributed by atoms with E-state index >= 15 is 0 Å². The van der Waals surface area contributed by atoms with Gasteiger partial charge >= 0.3 is 0 Å². The Balaban J connectivity index is 1.27. The van der Waals surface area contributed by atoms with Gasteiger partial charge in [-0.1, -0.05) is 43.5 Å². The maximum atomic E-state index is 12.5. The van der Waals surface area contributed by atoms with Gasteiger partial charge in [0.05, 0.1) is 12.8 Å². The molecule has 4 rings (SSSR count). The second-order valence-electron chi connectivity index (χ2n) is 8.44. The van der Waals surface area contributed by atoms with Crippen LogP contribution in [0, 0.1) is 0 Å². The van der Waals surface area contributed by atoms with Crippen LogP contribution in [-0.2, 0) is 6.54 Å². The molecule has 2 aliphatic rings. The zero-order valence-corrected chi connectivity index (χ0v) is 18.0. The van der Waals surface area contributed by atoms with E-state index in [4.69, 9.17) is 4.74 Å². The van der Waals surface area contributed by atoms with Crippen molar-refractivity contribution in [2.24, 2.45) is 0 Å². The minimum Gasteiger partial charge on any atom is -0.495 e. The van der Waals surface area contributed by atoms with E-state index in [9.17, 15) is 4.79 Å². The minimum atomic E-state index is 0.0684. The summed E-state index contributed by atoms with van der Waals surface area (Å²) in [4.78, 5) is 17.4. The van der Waals surface area contributed by atoms with Crippen molar-refractivity contribution in [3.8, 4) is 5.75 Å². The molecule has 0 radical (unpaired) electrons. The summed E-state index contributed by atoms with van der Waals surface area (Å²) in [6.07, 6.45) is 5.99. The summed E-state index contributed by atoms with van der Waals surface area (Å²) in [5, 5.41) is 3.20. The van der Waals surface area contributed by atoms with E-state index in [1.807, 2.05) is 24.3 Å². The second-order valence-corrected chi connectivity index (χ2v) is 8.44. The van der Waals surface area contributed by atoms with Crippen LogP contribution in [0.5, 0.6) is 5.75 Å². The predicted molar refractivity (Wildman–Crippen MR) is 121 cm³/mol. The molecule has 0 bridgehead atoms. The van der Waals surface area contributed by atoms with E-state index in [1.165, 1.54) is 30.5 Å². The lowest BCUT2D eigenvalue weighted by Crippen LogP contribution is -2.46. The molecule has 1 aliphatic heterocycles. The van der Waals surface area contributed by atoms with Crippen LogP contribution in [0.1, 0.15) is 48.0 Å². The van der Waals surface area contributed by atoms with Gasteiger partial charge in [-0.3, -0.25) is 9.69 Å². The van der Waals surface area contributed by atoms with Crippen LogP contribution in [0.3, 0.4) is 0 Å². The summed E-state index contributed by atoms with van der Waals surface area (Å²) in [7, 11) is 1.73. The number of hydrogen-bond acceptors (Lipinski definition) is 4. The molecule has 1 saturated heterocycles. The molecule has 2 aromatic carbocycles. The SMILES string of the molecule is COc1ccccc1N1CCN(Cc2ccc(C(=O)NC3CCCCC3)cc2)CC1. The van der Waals surface area contributed by atoms with Crippen LogP contribution in [0.15, 0.2) is 48.5 Å². The van der Waals surface area contributed by atoms with Crippen molar-refractivity contribution in [2.45, 2.75) is 44.7 Å². The van der Waals surface area contributed by atoms with Gasteiger partial charge in [-0.2, -0.15) is 0 Å². The Morgan fingerprint density at radius 2 is 1.67 bits per heavy atom. The fourth-order valence-electron chi connectivity index (χ4n) is 4.57. The number of methoxy groups -OCH3 is 1. The fourth-order valence-corrected chi connectivity index (χ4v) is 4.57. The van der Waals surface area contributed by atoms with Gasteiger partial charge in [0.1, 0.15) is 5.75 Å². The number of amides is 1. The number of para-hydroxylation sites is 2. The second kappa shape index (κ2) is 9.98. The number of carbonyl (C=O) groups is 1. The number of rotatable bonds is 6. The molecule has 0 aromatic heterocycles. The van der Waals surface area contributed by atoms with Gasteiger partial charge in [0, 0.05) is 44.3 Å². The van der Waals surface area contributed by atoms with Crippen LogP contribution < -0.4 is 15.0 Å². The van der Waals surface area contributed by atoms with Gasteiger partial charge in [-0.05, 0) is 42.7 Å². The highest BCUT2D eigenvalue weighted by atomic mass is 16.5. The number of hydrogen-bond donors (Lipinski definition) is 1. The monoisotopic (exact) mass is 407 g/mol. The molecule has 2 aromatic rings. The molecule has 1 N–H and O–H groups in total. The number of carbonyl (C=O) groups excluding carboxylic acids is 1. The van der Waals surface area contributed by atoms with E-state index < -0.39 is 0 Å². The van der Waals surface area contributed by atoms with Crippen LogP contribution in [0.2, 0.25) is 0 Å². The van der Waals surface area contributed by atoms with E-state index in [0.29, 0.717) is 6.04 Å². The average Bonchev–Trinajstić information content (AvgIpc) is 2.81. The number of piperazine rings is 1. The molecule has 1 heterocycles. The highest BCUT2D eigenvalue weighted by Crippen LogP contribution is 2.28. The molecule has 2 fully saturated rings. The quantitative estimate of drug-likeness (QED) is 0.784. The summed E-state index contributed by atoms with van der Waals surface area (Å²) < 4.78 is 5.51. The zero-order chi connectivity index (χ0) is 20.8. The third-order valence-electron chi connectivity index (χ3n) is 6.36. The summed E-state index contributed by atoms with van der Waals surface area (Å²) in [6, 6.07) is 16.7. The molecule has 30 heavy (non-hydrogen) atoms. The van der Waals surface area contributed by atoms with Crippen molar-refractivity contribution in [1.82, 2.24) is 10.2 Å². The molecule has 0 atom stereocenters. The highest BCUT2D eigenvalue weighted by Gasteiger charge is 2.20. The minimum absolute atomic E-state index is 0.0684. The highest BCUT2D eigenvalue weighted by molar-refractivity contribution is 5.94. The summed E-state index contributed by atoms with van der Waals surface area (Å²) in [5.41, 5.74) is 3.20. The van der Waals surface area contributed by atoms with Gasteiger partial charge in [0.15, 0.2) is 0 Å². The lowest BCUT2D eigenvalue weighted by Gasteiger charge is -2.36. The van der Waals surface area contributed by atoms with Crippen molar-refractivity contribution in [2.75, 3.05) is 38.2 Å². The number of anilines is 1. The van der Waals surface area contributed by atoms with Crippen molar-refractivity contribution < 1.29 is 9.53 Å².